The number of hydrogen-bond donors (Lipinski definition) is 1. The summed E-state index contributed by atoms with van der Waals surface area (Å²) in [4.78, 5) is 10.8. The van der Waals surface area contributed by atoms with Gasteiger partial charge in [0.05, 0.1) is 6.20 Å². The molecule has 0 unspecified atom stereocenters. The van der Waals surface area contributed by atoms with Crippen LogP contribution in [0.15, 0.2) is 29.7 Å². The van der Waals surface area contributed by atoms with Crippen LogP contribution in [0.25, 0.3) is 0 Å². The van der Waals surface area contributed by atoms with Crippen LogP contribution < -0.4 is 10.3 Å². The minimum absolute atomic E-state index is 0.264. The molecule has 1 N–H and O–H groups in total. The molecule has 58 valence electrons. The van der Waals surface area contributed by atoms with Crippen molar-refractivity contribution >= 4 is 0 Å². The zero-order valence-electron chi connectivity index (χ0n) is 5.91. The molecule has 1 aromatic rings. The molecule has 0 spiro atoms. The maximum Gasteiger partial charge on any atom is 0.306 e. The average molecular weight is 152 g/mol. The zero-order valence-corrected chi connectivity index (χ0v) is 5.91. The van der Waals surface area contributed by atoms with Gasteiger partial charge in [-0.15, -0.1) is 0 Å². The lowest BCUT2D eigenvalue weighted by molar-refractivity contribution is 0.356. The first-order chi connectivity index (χ1) is 5.34. The summed E-state index contributed by atoms with van der Waals surface area (Å²) in [5.74, 6) is 0.264. The van der Waals surface area contributed by atoms with Crippen LogP contribution in [0.2, 0.25) is 0 Å². The maximum absolute atomic E-state index is 10.8. The van der Waals surface area contributed by atoms with Gasteiger partial charge < -0.3 is 4.74 Å². The van der Waals surface area contributed by atoms with Crippen molar-refractivity contribution in [1.82, 2.24) is 10.2 Å². The van der Waals surface area contributed by atoms with Gasteiger partial charge in [-0.2, -0.15) is 5.10 Å². The molecule has 1 heterocycles. The lowest BCUT2D eigenvalue weighted by atomic mass is 10.5. The van der Waals surface area contributed by atoms with E-state index >= 15 is 0 Å². The highest BCUT2D eigenvalue weighted by molar-refractivity contribution is 5.13. The molecule has 0 aliphatic carbocycles. The smallest absolute Gasteiger partial charge is 0.306 e. The largest absolute Gasteiger partial charge is 0.484 e. The Morgan fingerprint density at radius 1 is 1.82 bits per heavy atom. The molecule has 0 radical (unpaired) electrons. The number of nitrogens with one attached hydrogen (secondary N) is 1. The van der Waals surface area contributed by atoms with Gasteiger partial charge >= 0.3 is 5.56 Å². The van der Waals surface area contributed by atoms with Gasteiger partial charge in [0.25, 0.3) is 0 Å². The van der Waals surface area contributed by atoms with Crippen molar-refractivity contribution in [1.29, 1.82) is 0 Å². The molecule has 0 saturated carbocycles. The fourth-order valence-electron chi connectivity index (χ4n) is 0.594. The molecule has 4 heteroatoms. The fraction of sp³-hybridized carbons (Fsp3) is 0.143. The predicted octanol–water partition coefficient (Wildman–Crippen LogP) is 0.335. The van der Waals surface area contributed by atoms with E-state index in [2.05, 4.69) is 16.8 Å². The van der Waals surface area contributed by atoms with Gasteiger partial charge in [0.2, 0.25) is 0 Å². The van der Waals surface area contributed by atoms with E-state index in [1.54, 1.807) is 6.08 Å². The fourth-order valence-corrected chi connectivity index (χ4v) is 0.594. The van der Waals surface area contributed by atoms with Crippen LogP contribution >= 0.6 is 0 Å². The monoisotopic (exact) mass is 152 g/mol. The number of aromatic nitrogens is 2. The molecule has 0 aliphatic heterocycles. The minimum atomic E-state index is -0.325. The highest BCUT2D eigenvalue weighted by Gasteiger charge is 1.95. The second-order valence-electron chi connectivity index (χ2n) is 1.85. The van der Waals surface area contributed by atoms with Crippen molar-refractivity contribution in [2.45, 2.75) is 0 Å². The van der Waals surface area contributed by atoms with E-state index in [0.29, 0.717) is 6.61 Å². The van der Waals surface area contributed by atoms with Crippen molar-refractivity contribution in [2.24, 2.45) is 0 Å². The predicted molar refractivity (Wildman–Crippen MR) is 40.5 cm³/mol. The minimum Gasteiger partial charge on any atom is -0.484 e. The summed E-state index contributed by atoms with van der Waals surface area (Å²) in [6.07, 6.45) is 3.03. The summed E-state index contributed by atoms with van der Waals surface area (Å²) < 4.78 is 4.98. The van der Waals surface area contributed by atoms with Gasteiger partial charge in [0, 0.05) is 6.07 Å². The van der Waals surface area contributed by atoms with Gasteiger partial charge in [-0.3, -0.25) is 4.79 Å². The standard InChI is InChI=1S/C7H8N2O2/c1-2-5-11-6-3-4-8-9-7(6)10/h2-4H,1,5H2,(H,9,10). The van der Waals surface area contributed by atoms with Crippen LogP contribution in [0, 0.1) is 0 Å². The SMILES string of the molecule is C=CCOc1ccn[nH]c1=O. The molecular formula is C7H8N2O2. The number of ether oxygens (including phenoxy) is 1. The molecule has 1 aromatic heterocycles. The molecule has 0 atom stereocenters. The van der Waals surface area contributed by atoms with E-state index < -0.39 is 0 Å². The quantitative estimate of drug-likeness (QED) is 0.635. The first-order valence-electron chi connectivity index (χ1n) is 3.12. The number of H-pyrrole nitrogens is 1. The molecule has 1 rings (SSSR count). The van der Waals surface area contributed by atoms with Crippen molar-refractivity contribution < 1.29 is 4.74 Å². The number of aromatic amines is 1. The number of hydrogen-bond acceptors (Lipinski definition) is 3. The van der Waals surface area contributed by atoms with Crippen molar-refractivity contribution in [3.63, 3.8) is 0 Å². The molecule has 0 fully saturated rings. The van der Waals surface area contributed by atoms with Crippen molar-refractivity contribution in [3.8, 4) is 5.75 Å². The van der Waals surface area contributed by atoms with Crippen molar-refractivity contribution in [2.75, 3.05) is 6.61 Å². The zero-order chi connectivity index (χ0) is 8.10. The first kappa shape index (κ1) is 7.53. The Morgan fingerprint density at radius 2 is 2.64 bits per heavy atom. The van der Waals surface area contributed by atoms with Crippen LogP contribution in [0.5, 0.6) is 5.75 Å². The third kappa shape index (κ3) is 1.93. The van der Waals surface area contributed by atoms with E-state index in [9.17, 15) is 4.79 Å². The van der Waals surface area contributed by atoms with E-state index in [0.717, 1.165) is 0 Å². The molecule has 0 bridgehead atoms. The van der Waals surface area contributed by atoms with E-state index in [1.807, 2.05) is 0 Å². The molecule has 0 saturated heterocycles. The topological polar surface area (TPSA) is 55.0 Å². The van der Waals surface area contributed by atoms with E-state index in [1.165, 1.54) is 12.3 Å². The van der Waals surface area contributed by atoms with Crippen LogP contribution in [0.1, 0.15) is 0 Å². The lowest BCUT2D eigenvalue weighted by Crippen LogP contribution is -2.11. The average Bonchev–Trinajstić information content (AvgIpc) is 2.03. The van der Waals surface area contributed by atoms with Gasteiger partial charge in [0.15, 0.2) is 5.75 Å². The summed E-state index contributed by atoms with van der Waals surface area (Å²) in [6.45, 7) is 3.78. The lowest BCUT2D eigenvalue weighted by Gasteiger charge is -1.98. The van der Waals surface area contributed by atoms with Gasteiger partial charge in [0.1, 0.15) is 6.61 Å². The number of rotatable bonds is 3. The van der Waals surface area contributed by atoms with Crippen molar-refractivity contribution in [3.05, 3.63) is 35.3 Å². The third-order valence-corrected chi connectivity index (χ3v) is 1.05. The molecule has 0 aliphatic rings. The Morgan fingerprint density at radius 3 is 3.27 bits per heavy atom. The van der Waals surface area contributed by atoms with Crippen LogP contribution in [0.3, 0.4) is 0 Å². The van der Waals surface area contributed by atoms with Crippen LogP contribution in [-0.4, -0.2) is 16.8 Å². The van der Waals surface area contributed by atoms with Gasteiger partial charge in [-0.25, -0.2) is 5.10 Å². The third-order valence-electron chi connectivity index (χ3n) is 1.05. The summed E-state index contributed by atoms with van der Waals surface area (Å²) in [6, 6.07) is 1.50. The van der Waals surface area contributed by atoms with E-state index in [4.69, 9.17) is 4.74 Å². The second kappa shape index (κ2) is 3.55. The maximum atomic E-state index is 10.8. The highest BCUT2D eigenvalue weighted by atomic mass is 16.5. The number of nitrogens with zero attached hydrogens (tertiary/aromatic N) is 1. The highest BCUT2D eigenvalue weighted by Crippen LogP contribution is 1.97. The first-order valence-corrected chi connectivity index (χ1v) is 3.12. The molecular weight excluding hydrogens is 144 g/mol. The van der Waals surface area contributed by atoms with E-state index in [-0.39, 0.29) is 11.3 Å². The summed E-state index contributed by atoms with van der Waals surface area (Å²) in [5.41, 5.74) is -0.325. The Bertz CT molecular complexity index is 292. The Hall–Kier alpha value is -1.58. The van der Waals surface area contributed by atoms with Crippen LogP contribution in [0.4, 0.5) is 0 Å². The molecule has 0 aromatic carbocycles. The van der Waals surface area contributed by atoms with Gasteiger partial charge in [-0.05, 0) is 0 Å². The molecule has 11 heavy (non-hydrogen) atoms. The Kier molecular flexibility index (Phi) is 2.43. The van der Waals surface area contributed by atoms with Gasteiger partial charge in [-0.1, -0.05) is 12.7 Å². The Labute approximate surface area is 63.5 Å². The molecule has 4 nitrogen and oxygen atoms in total. The van der Waals surface area contributed by atoms with Crippen LogP contribution in [-0.2, 0) is 0 Å². The summed E-state index contributed by atoms with van der Waals surface area (Å²) in [5, 5.41) is 5.75. The molecule has 0 amide bonds. The summed E-state index contributed by atoms with van der Waals surface area (Å²) >= 11 is 0. The Balaban J connectivity index is 2.78. The normalized spacial score (nSPS) is 9.09. The second-order valence-corrected chi connectivity index (χ2v) is 1.85. The summed E-state index contributed by atoms with van der Waals surface area (Å²) in [7, 11) is 0.